The molecule has 3 aromatic heterocycles. The van der Waals surface area contributed by atoms with Crippen molar-refractivity contribution in [2.45, 2.75) is 19.9 Å². The number of H-pyrrole nitrogens is 1. The molecule has 1 aliphatic rings. The lowest BCUT2D eigenvalue weighted by Crippen LogP contribution is -2.52. The number of fused-ring (bicyclic) bond motifs is 1. The Morgan fingerprint density at radius 2 is 2.00 bits per heavy atom. The standard InChI is InChI=1S/C24H29N7O2/c1-15-11-26-24-21(27-23(28-24)20-13-30(3)29-16(20)2)22(15)33-19-7-5-18(6-8-19)31-10-9-25-17(12-31)14-32-4/h5-8,11,13,17,25H,9-10,12,14H2,1-4H3,(H,26,27,28)/t17-/m1/s1. The predicted octanol–water partition coefficient (Wildman–Crippen LogP) is 3.19. The van der Waals surface area contributed by atoms with E-state index in [1.807, 2.05) is 39.2 Å². The molecule has 172 valence electrons. The minimum absolute atomic E-state index is 0.338. The van der Waals surface area contributed by atoms with Gasteiger partial charge in [0.2, 0.25) is 0 Å². The third kappa shape index (κ3) is 4.29. The van der Waals surface area contributed by atoms with Crippen LogP contribution in [0.15, 0.2) is 36.7 Å². The lowest BCUT2D eigenvalue weighted by Gasteiger charge is -2.35. The van der Waals surface area contributed by atoms with E-state index < -0.39 is 0 Å². The number of nitrogens with zero attached hydrogens (tertiary/aromatic N) is 5. The van der Waals surface area contributed by atoms with Crippen molar-refractivity contribution < 1.29 is 9.47 Å². The minimum Gasteiger partial charge on any atom is -0.455 e. The third-order valence-electron chi connectivity index (χ3n) is 5.96. The fourth-order valence-corrected chi connectivity index (χ4v) is 4.34. The van der Waals surface area contributed by atoms with Gasteiger partial charge in [-0.1, -0.05) is 0 Å². The molecular formula is C24H29N7O2. The zero-order valence-electron chi connectivity index (χ0n) is 19.4. The molecule has 0 saturated carbocycles. The quantitative estimate of drug-likeness (QED) is 0.469. The molecule has 1 saturated heterocycles. The summed E-state index contributed by atoms with van der Waals surface area (Å²) in [4.78, 5) is 14.9. The summed E-state index contributed by atoms with van der Waals surface area (Å²) >= 11 is 0. The van der Waals surface area contributed by atoms with Crippen LogP contribution in [0.1, 0.15) is 11.3 Å². The Balaban J connectivity index is 1.40. The molecule has 0 radical (unpaired) electrons. The second-order valence-corrected chi connectivity index (χ2v) is 8.50. The first-order valence-corrected chi connectivity index (χ1v) is 11.1. The van der Waals surface area contributed by atoms with Gasteiger partial charge in [0.05, 0.1) is 17.9 Å². The van der Waals surface area contributed by atoms with Gasteiger partial charge in [-0.25, -0.2) is 9.97 Å². The van der Waals surface area contributed by atoms with E-state index in [1.54, 1.807) is 18.0 Å². The van der Waals surface area contributed by atoms with Gasteiger partial charge in [0.1, 0.15) is 17.1 Å². The Morgan fingerprint density at radius 1 is 1.18 bits per heavy atom. The number of ether oxygens (including phenoxy) is 2. The molecule has 33 heavy (non-hydrogen) atoms. The van der Waals surface area contributed by atoms with Crippen LogP contribution in [0.3, 0.4) is 0 Å². The van der Waals surface area contributed by atoms with Crippen molar-refractivity contribution in [3.63, 3.8) is 0 Å². The molecule has 1 fully saturated rings. The number of methoxy groups -OCH3 is 1. The van der Waals surface area contributed by atoms with Crippen molar-refractivity contribution in [1.82, 2.24) is 30.0 Å². The van der Waals surface area contributed by atoms with E-state index in [2.05, 4.69) is 42.4 Å². The summed E-state index contributed by atoms with van der Waals surface area (Å²) < 4.78 is 13.4. The normalized spacial score (nSPS) is 16.5. The Labute approximate surface area is 192 Å². The topological polar surface area (TPSA) is 93.1 Å². The maximum Gasteiger partial charge on any atom is 0.181 e. The Hall–Kier alpha value is -3.43. The second kappa shape index (κ2) is 8.84. The molecule has 9 heteroatoms. The van der Waals surface area contributed by atoms with Gasteiger partial charge in [-0.3, -0.25) is 4.68 Å². The average Bonchev–Trinajstić information content (AvgIpc) is 3.39. The fraction of sp³-hybridized carbons (Fsp3) is 0.375. The highest BCUT2D eigenvalue weighted by Gasteiger charge is 2.20. The molecule has 1 aromatic carbocycles. The number of aromatic nitrogens is 5. The van der Waals surface area contributed by atoms with Gasteiger partial charge < -0.3 is 24.7 Å². The molecule has 1 aliphatic heterocycles. The first kappa shape index (κ1) is 21.4. The van der Waals surface area contributed by atoms with Gasteiger partial charge in [0, 0.05) is 63.5 Å². The van der Waals surface area contributed by atoms with E-state index >= 15 is 0 Å². The van der Waals surface area contributed by atoms with Crippen LogP contribution in [0.2, 0.25) is 0 Å². The van der Waals surface area contributed by atoms with Crippen LogP contribution in [-0.4, -0.2) is 64.1 Å². The molecule has 0 spiro atoms. The Kier molecular flexibility index (Phi) is 5.74. The van der Waals surface area contributed by atoms with Crippen molar-refractivity contribution >= 4 is 16.9 Å². The number of hydrogen-bond acceptors (Lipinski definition) is 7. The van der Waals surface area contributed by atoms with Crippen molar-refractivity contribution in [3.8, 4) is 22.9 Å². The largest absolute Gasteiger partial charge is 0.455 e. The number of imidazole rings is 1. The lowest BCUT2D eigenvalue weighted by molar-refractivity contribution is 0.163. The molecule has 4 aromatic rings. The molecular weight excluding hydrogens is 418 g/mol. The number of hydrogen-bond donors (Lipinski definition) is 2. The summed E-state index contributed by atoms with van der Waals surface area (Å²) in [6.45, 7) is 7.50. The molecule has 0 amide bonds. The number of benzene rings is 1. The van der Waals surface area contributed by atoms with E-state index in [1.165, 1.54) is 5.69 Å². The summed E-state index contributed by atoms with van der Waals surface area (Å²) in [6.07, 6.45) is 3.75. The smallest absolute Gasteiger partial charge is 0.181 e. The molecule has 0 bridgehead atoms. The number of rotatable bonds is 6. The zero-order chi connectivity index (χ0) is 22.9. The van der Waals surface area contributed by atoms with Crippen molar-refractivity contribution in [1.29, 1.82) is 0 Å². The predicted molar refractivity (Wildman–Crippen MR) is 128 cm³/mol. The molecule has 0 aliphatic carbocycles. The first-order valence-electron chi connectivity index (χ1n) is 11.1. The highest BCUT2D eigenvalue weighted by atomic mass is 16.5. The van der Waals surface area contributed by atoms with Crippen LogP contribution in [0.25, 0.3) is 22.6 Å². The zero-order valence-corrected chi connectivity index (χ0v) is 19.4. The number of pyridine rings is 1. The average molecular weight is 448 g/mol. The van der Waals surface area contributed by atoms with Crippen LogP contribution in [0.5, 0.6) is 11.5 Å². The number of anilines is 1. The van der Waals surface area contributed by atoms with E-state index in [4.69, 9.17) is 9.47 Å². The monoisotopic (exact) mass is 447 g/mol. The van der Waals surface area contributed by atoms with Crippen LogP contribution < -0.4 is 15.0 Å². The third-order valence-corrected chi connectivity index (χ3v) is 5.96. The minimum atomic E-state index is 0.338. The summed E-state index contributed by atoms with van der Waals surface area (Å²) in [5, 5.41) is 7.91. The number of aryl methyl sites for hydroxylation is 3. The number of aromatic amines is 1. The van der Waals surface area contributed by atoms with E-state index in [9.17, 15) is 0 Å². The van der Waals surface area contributed by atoms with Crippen molar-refractivity contribution in [2.24, 2.45) is 7.05 Å². The van der Waals surface area contributed by atoms with Crippen LogP contribution in [0.4, 0.5) is 5.69 Å². The molecule has 4 heterocycles. The highest BCUT2D eigenvalue weighted by Crippen LogP contribution is 2.34. The van der Waals surface area contributed by atoms with Gasteiger partial charge in [-0.15, -0.1) is 0 Å². The van der Waals surface area contributed by atoms with Crippen LogP contribution >= 0.6 is 0 Å². The van der Waals surface area contributed by atoms with Crippen molar-refractivity contribution in [3.05, 3.63) is 47.9 Å². The highest BCUT2D eigenvalue weighted by molar-refractivity contribution is 5.83. The summed E-state index contributed by atoms with van der Waals surface area (Å²) in [5.74, 6) is 2.24. The van der Waals surface area contributed by atoms with E-state index in [-0.39, 0.29) is 0 Å². The van der Waals surface area contributed by atoms with E-state index in [0.29, 0.717) is 18.3 Å². The number of piperazine rings is 1. The second-order valence-electron chi connectivity index (χ2n) is 8.50. The molecule has 1 atom stereocenters. The SMILES string of the molecule is COC[C@H]1CN(c2ccc(Oc3c(C)cnc4nc(-c5cn(C)nc5C)[nH]c34)cc2)CCN1. The lowest BCUT2D eigenvalue weighted by atomic mass is 10.2. The Bertz CT molecular complexity index is 1260. The summed E-state index contributed by atoms with van der Waals surface area (Å²) in [6, 6.07) is 8.57. The van der Waals surface area contributed by atoms with Gasteiger partial charge >= 0.3 is 0 Å². The maximum absolute atomic E-state index is 6.33. The number of nitrogens with one attached hydrogen (secondary N) is 2. The van der Waals surface area contributed by atoms with Gasteiger partial charge in [0.15, 0.2) is 11.4 Å². The van der Waals surface area contributed by atoms with E-state index in [0.717, 1.165) is 59.3 Å². The molecule has 0 unspecified atom stereocenters. The summed E-state index contributed by atoms with van der Waals surface area (Å²) in [5.41, 5.74) is 5.38. The van der Waals surface area contributed by atoms with Crippen LogP contribution in [0, 0.1) is 13.8 Å². The Morgan fingerprint density at radius 3 is 2.73 bits per heavy atom. The molecule has 9 nitrogen and oxygen atoms in total. The van der Waals surface area contributed by atoms with Gasteiger partial charge in [-0.05, 0) is 38.1 Å². The first-order chi connectivity index (χ1) is 16.0. The summed E-state index contributed by atoms with van der Waals surface area (Å²) in [7, 11) is 3.64. The molecule has 2 N–H and O–H groups in total. The fourth-order valence-electron chi connectivity index (χ4n) is 4.34. The van der Waals surface area contributed by atoms with Gasteiger partial charge in [-0.2, -0.15) is 5.10 Å². The van der Waals surface area contributed by atoms with Crippen LogP contribution in [-0.2, 0) is 11.8 Å². The maximum atomic E-state index is 6.33. The van der Waals surface area contributed by atoms with Gasteiger partial charge in [0.25, 0.3) is 0 Å². The van der Waals surface area contributed by atoms with Crippen molar-refractivity contribution in [2.75, 3.05) is 38.3 Å². The molecule has 5 rings (SSSR count).